The number of rotatable bonds is 4. The molecule has 6 heteroatoms. The molecule has 0 atom stereocenters. The molecule has 0 bridgehead atoms. The van der Waals surface area contributed by atoms with E-state index in [-0.39, 0.29) is 11.7 Å². The predicted molar refractivity (Wildman–Crippen MR) is 123 cm³/mol. The Bertz CT molecular complexity index is 1150. The number of amidine groups is 1. The molecule has 1 aliphatic rings. The SMILES string of the molecule is CN(C)c1ccc(/C=C2/N=C(c3ccc(F)cc3)N(c3cccc(Br)c3)C2=O)cc1. The lowest BCUT2D eigenvalue weighted by molar-refractivity contribution is -0.113. The second-order valence-corrected chi connectivity index (χ2v) is 7.99. The molecule has 1 amide bonds. The van der Waals surface area contributed by atoms with Crippen LogP contribution in [0.5, 0.6) is 0 Å². The largest absolute Gasteiger partial charge is 0.378 e. The maximum Gasteiger partial charge on any atom is 0.282 e. The van der Waals surface area contributed by atoms with Crippen molar-refractivity contribution in [3.05, 3.63) is 99.9 Å². The van der Waals surface area contributed by atoms with Crippen molar-refractivity contribution in [1.82, 2.24) is 0 Å². The molecule has 150 valence electrons. The van der Waals surface area contributed by atoms with E-state index in [4.69, 9.17) is 0 Å². The first-order valence-electron chi connectivity index (χ1n) is 9.36. The van der Waals surface area contributed by atoms with Crippen LogP contribution in [0, 0.1) is 5.82 Å². The molecule has 4 rings (SSSR count). The average molecular weight is 464 g/mol. The third-order valence-electron chi connectivity index (χ3n) is 4.74. The monoisotopic (exact) mass is 463 g/mol. The molecule has 0 aromatic heterocycles. The molecule has 30 heavy (non-hydrogen) atoms. The topological polar surface area (TPSA) is 35.9 Å². The molecular weight excluding hydrogens is 445 g/mol. The normalized spacial score (nSPS) is 14.9. The van der Waals surface area contributed by atoms with Crippen molar-refractivity contribution < 1.29 is 9.18 Å². The molecule has 3 aromatic rings. The Hall–Kier alpha value is -3.25. The number of amides is 1. The molecule has 3 aromatic carbocycles. The van der Waals surface area contributed by atoms with Gasteiger partial charge in [0.1, 0.15) is 17.3 Å². The highest BCUT2D eigenvalue weighted by Crippen LogP contribution is 2.30. The molecule has 0 N–H and O–H groups in total. The van der Waals surface area contributed by atoms with Crippen molar-refractivity contribution in [2.75, 3.05) is 23.9 Å². The van der Waals surface area contributed by atoms with Crippen LogP contribution in [0.25, 0.3) is 6.08 Å². The standard InChI is InChI=1S/C24H19BrFN3O/c1-28(2)20-12-6-16(7-13-20)14-22-24(30)29(21-5-3-4-18(25)15-21)23(27-22)17-8-10-19(26)11-9-17/h3-15H,1-2H3/b22-14+. The first-order valence-corrected chi connectivity index (χ1v) is 10.2. The molecule has 0 fully saturated rings. The lowest BCUT2D eigenvalue weighted by atomic mass is 10.1. The van der Waals surface area contributed by atoms with Gasteiger partial charge in [0.15, 0.2) is 0 Å². The van der Waals surface area contributed by atoms with E-state index >= 15 is 0 Å². The van der Waals surface area contributed by atoms with Gasteiger partial charge in [0.2, 0.25) is 0 Å². The molecule has 4 nitrogen and oxygen atoms in total. The van der Waals surface area contributed by atoms with Crippen LogP contribution in [0.2, 0.25) is 0 Å². The zero-order valence-corrected chi connectivity index (χ0v) is 18.1. The lowest BCUT2D eigenvalue weighted by Gasteiger charge is -2.18. The van der Waals surface area contributed by atoms with Gasteiger partial charge in [-0.05, 0) is 66.2 Å². The molecule has 0 saturated heterocycles. The van der Waals surface area contributed by atoms with E-state index in [9.17, 15) is 9.18 Å². The number of anilines is 2. The summed E-state index contributed by atoms with van der Waals surface area (Å²) < 4.78 is 14.3. The summed E-state index contributed by atoms with van der Waals surface area (Å²) in [5.41, 5.74) is 3.62. The molecule has 1 heterocycles. The van der Waals surface area contributed by atoms with Crippen molar-refractivity contribution >= 4 is 45.1 Å². The van der Waals surface area contributed by atoms with Crippen molar-refractivity contribution in [2.24, 2.45) is 4.99 Å². The summed E-state index contributed by atoms with van der Waals surface area (Å²) in [5.74, 6) is -0.104. The smallest absolute Gasteiger partial charge is 0.282 e. The van der Waals surface area contributed by atoms with Gasteiger partial charge in [-0.3, -0.25) is 9.69 Å². The number of nitrogens with zero attached hydrogens (tertiary/aromatic N) is 3. The predicted octanol–water partition coefficient (Wildman–Crippen LogP) is 5.49. The zero-order chi connectivity index (χ0) is 21.3. The van der Waals surface area contributed by atoms with E-state index in [1.54, 1.807) is 23.1 Å². The van der Waals surface area contributed by atoms with Crippen LogP contribution in [0.15, 0.2) is 88.0 Å². The Morgan fingerprint density at radius 3 is 2.33 bits per heavy atom. The second kappa shape index (κ2) is 8.24. The molecule has 0 radical (unpaired) electrons. The first kappa shape index (κ1) is 20.0. The van der Waals surface area contributed by atoms with Gasteiger partial charge in [0, 0.05) is 29.8 Å². The lowest BCUT2D eigenvalue weighted by Crippen LogP contribution is -2.32. The van der Waals surface area contributed by atoms with E-state index in [1.807, 2.05) is 67.5 Å². The number of carbonyl (C=O) groups excluding carboxylic acids is 1. The molecule has 0 spiro atoms. The van der Waals surface area contributed by atoms with E-state index in [1.165, 1.54) is 12.1 Å². The quantitative estimate of drug-likeness (QED) is 0.479. The summed E-state index contributed by atoms with van der Waals surface area (Å²) in [6.07, 6.45) is 1.77. The number of benzene rings is 3. The summed E-state index contributed by atoms with van der Waals surface area (Å²) in [6.45, 7) is 0. The van der Waals surface area contributed by atoms with Gasteiger partial charge in [-0.15, -0.1) is 0 Å². The number of carbonyl (C=O) groups is 1. The first-order chi connectivity index (χ1) is 14.4. The third-order valence-corrected chi connectivity index (χ3v) is 5.24. The van der Waals surface area contributed by atoms with E-state index in [0.717, 1.165) is 15.7 Å². The van der Waals surface area contributed by atoms with Gasteiger partial charge >= 0.3 is 0 Å². The Kier molecular flexibility index (Phi) is 5.50. The maximum atomic E-state index is 13.4. The fourth-order valence-corrected chi connectivity index (χ4v) is 3.58. The highest BCUT2D eigenvalue weighted by Gasteiger charge is 2.32. The Morgan fingerprint density at radius 2 is 1.70 bits per heavy atom. The zero-order valence-electron chi connectivity index (χ0n) is 16.5. The van der Waals surface area contributed by atoms with Gasteiger partial charge in [0.05, 0.1) is 5.69 Å². The van der Waals surface area contributed by atoms with Gasteiger partial charge in [-0.2, -0.15) is 0 Å². The number of hydrogen-bond donors (Lipinski definition) is 0. The minimum atomic E-state index is -0.338. The maximum absolute atomic E-state index is 13.4. The van der Waals surface area contributed by atoms with E-state index in [0.29, 0.717) is 22.8 Å². The van der Waals surface area contributed by atoms with Gasteiger partial charge in [-0.1, -0.05) is 34.1 Å². The van der Waals surface area contributed by atoms with Crippen LogP contribution in [0.4, 0.5) is 15.8 Å². The average Bonchev–Trinajstić information content (AvgIpc) is 3.05. The minimum Gasteiger partial charge on any atom is -0.378 e. The second-order valence-electron chi connectivity index (χ2n) is 7.08. The van der Waals surface area contributed by atoms with Crippen LogP contribution in [0.1, 0.15) is 11.1 Å². The van der Waals surface area contributed by atoms with Gasteiger partial charge < -0.3 is 4.90 Å². The number of hydrogen-bond acceptors (Lipinski definition) is 3. The van der Waals surface area contributed by atoms with Crippen LogP contribution in [-0.4, -0.2) is 25.8 Å². The summed E-state index contributed by atoms with van der Waals surface area (Å²) in [6, 6.07) is 21.3. The third kappa shape index (κ3) is 4.04. The Balaban J connectivity index is 1.78. The van der Waals surface area contributed by atoms with Gasteiger partial charge in [0.25, 0.3) is 5.91 Å². The van der Waals surface area contributed by atoms with E-state index < -0.39 is 0 Å². The van der Waals surface area contributed by atoms with Crippen LogP contribution in [0.3, 0.4) is 0 Å². The summed E-state index contributed by atoms with van der Waals surface area (Å²) in [4.78, 5) is 21.5. The highest BCUT2D eigenvalue weighted by molar-refractivity contribution is 9.10. The molecule has 1 aliphatic heterocycles. The summed E-state index contributed by atoms with van der Waals surface area (Å²) in [5, 5.41) is 0. The summed E-state index contributed by atoms with van der Waals surface area (Å²) in [7, 11) is 3.95. The van der Waals surface area contributed by atoms with Crippen LogP contribution in [-0.2, 0) is 4.79 Å². The Labute approximate surface area is 183 Å². The number of aliphatic imine (C=N–C) groups is 1. The Morgan fingerprint density at radius 1 is 1.00 bits per heavy atom. The van der Waals surface area contributed by atoms with Crippen molar-refractivity contribution in [1.29, 1.82) is 0 Å². The minimum absolute atomic E-state index is 0.232. The fourth-order valence-electron chi connectivity index (χ4n) is 3.19. The molecular formula is C24H19BrFN3O. The number of halogens is 2. The van der Waals surface area contributed by atoms with Crippen molar-refractivity contribution in [2.45, 2.75) is 0 Å². The van der Waals surface area contributed by atoms with Gasteiger partial charge in [-0.25, -0.2) is 9.38 Å². The van der Waals surface area contributed by atoms with Crippen LogP contribution < -0.4 is 9.80 Å². The van der Waals surface area contributed by atoms with Crippen LogP contribution >= 0.6 is 15.9 Å². The highest BCUT2D eigenvalue weighted by atomic mass is 79.9. The molecule has 0 saturated carbocycles. The summed E-state index contributed by atoms with van der Waals surface area (Å²) >= 11 is 3.46. The van der Waals surface area contributed by atoms with Crippen molar-refractivity contribution in [3.63, 3.8) is 0 Å². The molecule has 0 unspecified atom stereocenters. The van der Waals surface area contributed by atoms with Crippen molar-refractivity contribution in [3.8, 4) is 0 Å². The fraction of sp³-hybridized carbons (Fsp3) is 0.0833. The van der Waals surface area contributed by atoms with E-state index in [2.05, 4.69) is 20.9 Å². The molecule has 0 aliphatic carbocycles.